The van der Waals surface area contributed by atoms with Gasteiger partial charge in [-0.05, 0) is 25.1 Å². The molecule has 0 amide bonds. The number of nitrogens with zero attached hydrogens (tertiary/aromatic N) is 2. The number of para-hydroxylation sites is 1. The molecule has 6 nitrogen and oxygen atoms in total. The van der Waals surface area contributed by atoms with E-state index in [1.165, 1.54) is 14.0 Å². The Morgan fingerprint density at radius 1 is 1.23 bits per heavy atom. The van der Waals surface area contributed by atoms with Crippen molar-refractivity contribution in [3.05, 3.63) is 71.3 Å². The highest BCUT2D eigenvalue weighted by Gasteiger charge is 2.29. The van der Waals surface area contributed by atoms with Crippen molar-refractivity contribution in [1.82, 2.24) is 4.98 Å². The van der Waals surface area contributed by atoms with Crippen molar-refractivity contribution in [2.45, 2.75) is 18.5 Å². The molecule has 3 rings (SSSR count). The number of methoxy groups -OCH3 is 1. The third-order valence-electron chi connectivity index (χ3n) is 4.10. The molecule has 1 unspecified atom stereocenters. The number of pyridine rings is 1. The van der Waals surface area contributed by atoms with Crippen LogP contribution in [-0.2, 0) is 9.53 Å². The first-order chi connectivity index (χ1) is 12.5. The average molecular weight is 371 g/mol. The molecule has 0 saturated heterocycles. The summed E-state index contributed by atoms with van der Waals surface area (Å²) >= 11 is 6.50. The number of alkyl halides is 1. The molecular weight excluding hydrogens is 354 g/mol. The maximum atomic E-state index is 11.3. The summed E-state index contributed by atoms with van der Waals surface area (Å²) in [4.78, 5) is 20.5. The van der Waals surface area contributed by atoms with E-state index in [-0.39, 0.29) is 17.0 Å². The van der Waals surface area contributed by atoms with E-state index < -0.39 is 17.5 Å². The van der Waals surface area contributed by atoms with E-state index in [9.17, 15) is 9.90 Å². The smallest absolute Gasteiger partial charge is 0.148 e. The number of nitrogens with one attached hydrogen (secondary N) is 1. The number of anilines is 1. The van der Waals surface area contributed by atoms with E-state index in [4.69, 9.17) is 21.3 Å². The number of ether oxygens (including phenoxy) is 1. The number of aliphatic carboxylic acids is 1. The van der Waals surface area contributed by atoms with E-state index in [0.29, 0.717) is 5.69 Å². The summed E-state index contributed by atoms with van der Waals surface area (Å²) in [6.45, 7) is 1.40. The second-order valence-electron chi connectivity index (χ2n) is 5.71. The Balaban J connectivity index is 2.22. The van der Waals surface area contributed by atoms with E-state index >= 15 is 0 Å². The lowest BCUT2D eigenvalue weighted by molar-refractivity contribution is -0.299. The van der Waals surface area contributed by atoms with Crippen LogP contribution in [0.3, 0.4) is 0 Å². The fourth-order valence-corrected chi connectivity index (χ4v) is 3.10. The van der Waals surface area contributed by atoms with Crippen LogP contribution in [0.2, 0.25) is 0 Å². The zero-order chi connectivity index (χ0) is 18.7. The quantitative estimate of drug-likeness (QED) is 0.386. The van der Waals surface area contributed by atoms with Crippen LogP contribution in [0.5, 0.6) is 0 Å². The lowest BCUT2D eigenvalue weighted by atomic mass is 10.0. The number of halogens is 1. The molecule has 2 atom stereocenters. The molecule has 0 spiro atoms. The number of aliphatic imine (C=N–C) groups is 1. The summed E-state index contributed by atoms with van der Waals surface area (Å²) in [5.41, 5.74) is 1.81. The van der Waals surface area contributed by atoms with Gasteiger partial charge in [0, 0.05) is 23.0 Å². The van der Waals surface area contributed by atoms with Crippen LogP contribution in [0.15, 0.2) is 65.0 Å². The van der Waals surface area contributed by atoms with E-state index in [2.05, 4.69) is 10.3 Å². The molecule has 26 heavy (non-hydrogen) atoms. The predicted molar refractivity (Wildman–Crippen MR) is 97.9 cm³/mol. The van der Waals surface area contributed by atoms with Crippen LogP contribution in [0.1, 0.15) is 24.2 Å². The monoisotopic (exact) mass is 370 g/mol. The minimum atomic E-state index is -1.34. The van der Waals surface area contributed by atoms with Crippen LogP contribution in [0.25, 0.3) is 0 Å². The van der Waals surface area contributed by atoms with Crippen molar-refractivity contribution in [2.75, 3.05) is 12.4 Å². The van der Waals surface area contributed by atoms with Crippen LogP contribution in [-0.4, -0.2) is 29.3 Å². The third-order valence-corrected chi connectivity index (χ3v) is 4.41. The van der Waals surface area contributed by atoms with Gasteiger partial charge in [0.1, 0.15) is 23.0 Å². The second kappa shape index (κ2) is 7.58. The Bertz CT molecular complexity index is 881. The molecule has 0 bridgehead atoms. The lowest BCUT2D eigenvalue weighted by Gasteiger charge is -2.18. The third kappa shape index (κ3) is 3.41. The molecule has 1 aromatic heterocycles. The van der Waals surface area contributed by atoms with Gasteiger partial charge in [0.2, 0.25) is 0 Å². The Morgan fingerprint density at radius 3 is 2.62 bits per heavy atom. The number of carboxylic acid groups (broad SMARTS) is 1. The van der Waals surface area contributed by atoms with Gasteiger partial charge in [0.25, 0.3) is 0 Å². The second-order valence-corrected chi connectivity index (χ2v) is 6.15. The maximum absolute atomic E-state index is 11.3. The van der Waals surface area contributed by atoms with Gasteiger partial charge in [-0.3, -0.25) is 9.98 Å². The van der Waals surface area contributed by atoms with Crippen molar-refractivity contribution in [1.29, 1.82) is 0 Å². The van der Waals surface area contributed by atoms with Gasteiger partial charge in [-0.1, -0.05) is 35.9 Å². The van der Waals surface area contributed by atoms with E-state index in [1.807, 2.05) is 42.5 Å². The highest BCUT2D eigenvalue weighted by Crippen LogP contribution is 2.35. The van der Waals surface area contributed by atoms with Gasteiger partial charge in [-0.2, -0.15) is 0 Å². The minimum Gasteiger partial charge on any atom is -0.545 e. The molecule has 0 saturated carbocycles. The fraction of sp³-hybridized carbons (Fsp3) is 0.211. The highest BCUT2D eigenvalue weighted by atomic mass is 35.5. The van der Waals surface area contributed by atoms with Gasteiger partial charge in [-0.15, -0.1) is 0 Å². The number of benzene rings is 1. The highest BCUT2D eigenvalue weighted by molar-refractivity contribution is 6.36. The normalized spacial score (nSPS) is 20.0. The van der Waals surface area contributed by atoms with E-state index in [0.717, 1.165) is 11.3 Å². The molecule has 0 fully saturated rings. The molecule has 2 heterocycles. The summed E-state index contributed by atoms with van der Waals surface area (Å²) in [6, 6.07) is 12.7. The summed E-state index contributed by atoms with van der Waals surface area (Å²) in [5, 5.41) is 14.5. The van der Waals surface area contributed by atoms with Crippen LogP contribution >= 0.6 is 11.6 Å². The average Bonchev–Trinajstić information content (AvgIpc) is 2.80. The molecule has 0 aliphatic carbocycles. The number of hydrogen-bond donors (Lipinski definition) is 1. The number of carboxylic acids is 1. The Morgan fingerprint density at radius 2 is 1.96 bits per heavy atom. The Labute approximate surface area is 156 Å². The summed E-state index contributed by atoms with van der Waals surface area (Å²) in [5.74, 6) is -1.27. The topological polar surface area (TPSA) is 86.6 Å². The Kier molecular flexibility index (Phi) is 5.23. The molecule has 1 aliphatic heterocycles. The zero-order valence-electron chi connectivity index (χ0n) is 14.3. The molecule has 134 valence electrons. The van der Waals surface area contributed by atoms with Gasteiger partial charge in [0.15, 0.2) is 0 Å². The predicted octanol–water partition coefficient (Wildman–Crippen LogP) is 2.27. The minimum absolute atomic E-state index is 0.0752. The van der Waals surface area contributed by atoms with Gasteiger partial charge in [-0.25, -0.2) is 0 Å². The number of fused-ring (bicyclic) bond motifs is 1. The number of rotatable bonds is 4. The SMILES string of the molecule is CO/C(C1=N[C@@H](c2ccccn2)c2ccccc2NC1Cl)=C(\C)C(=O)[O-]. The molecular formula is C19H17ClN3O3-. The zero-order valence-corrected chi connectivity index (χ0v) is 15.0. The molecule has 1 aliphatic rings. The van der Waals surface area contributed by atoms with Crippen LogP contribution in [0, 0.1) is 0 Å². The van der Waals surface area contributed by atoms with Gasteiger partial charge < -0.3 is 20.0 Å². The Hall–Kier alpha value is -2.86. The van der Waals surface area contributed by atoms with Crippen molar-refractivity contribution < 1.29 is 14.6 Å². The number of carbonyl (C=O) groups is 1. The summed E-state index contributed by atoms with van der Waals surface area (Å²) in [7, 11) is 1.38. The number of hydrogen-bond acceptors (Lipinski definition) is 6. The van der Waals surface area contributed by atoms with E-state index in [1.54, 1.807) is 6.20 Å². The maximum Gasteiger partial charge on any atom is 0.148 e. The molecule has 1 N–H and O–H groups in total. The van der Waals surface area contributed by atoms with Crippen molar-refractivity contribution in [2.24, 2.45) is 4.99 Å². The molecule has 1 aromatic carbocycles. The first kappa shape index (κ1) is 17.9. The summed E-state index contributed by atoms with van der Waals surface area (Å²) < 4.78 is 5.31. The lowest BCUT2D eigenvalue weighted by Crippen LogP contribution is -2.30. The fourth-order valence-electron chi connectivity index (χ4n) is 2.83. The molecule has 2 aromatic rings. The van der Waals surface area contributed by atoms with Crippen LogP contribution < -0.4 is 10.4 Å². The van der Waals surface area contributed by atoms with Crippen molar-refractivity contribution >= 4 is 29.0 Å². The van der Waals surface area contributed by atoms with Crippen molar-refractivity contribution in [3.63, 3.8) is 0 Å². The van der Waals surface area contributed by atoms with Gasteiger partial charge >= 0.3 is 0 Å². The molecule has 7 heteroatoms. The van der Waals surface area contributed by atoms with Gasteiger partial charge in [0.05, 0.1) is 18.8 Å². The summed E-state index contributed by atoms with van der Waals surface area (Å²) in [6.07, 6.45) is 1.68. The van der Waals surface area contributed by atoms with Crippen LogP contribution in [0.4, 0.5) is 5.69 Å². The largest absolute Gasteiger partial charge is 0.545 e. The first-order valence-electron chi connectivity index (χ1n) is 7.97. The number of carbonyl (C=O) groups excluding carboxylic acids is 1. The first-order valence-corrected chi connectivity index (χ1v) is 8.41. The standard InChI is InChI=1S/C19H18ClN3O3/c1-11(19(24)25)17(26-2)16-18(20)22-13-8-4-3-7-12(13)15(23-16)14-9-5-6-10-21-14/h3-10,15,18,22H,1-2H3,(H,24,25)/p-1/b17-11+/t15-,18?/m1/s1. The number of aromatic nitrogens is 1. The van der Waals surface area contributed by atoms with Crippen molar-refractivity contribution in [3.8, 4) is 0 Å². The molecule has 0 radical (unpaired) electrons.